The average Bonchev–Trinajstić information content (AvgIpc) is 3.12. The summed E-state index contributed by atoms with van der Waals surface area (Å²) in [5.74, 6) is 0.286. The lowest BCUT2D eigenvalue weighted by atomic mass is 10.1. The zero-order chi connectivity index (χ0) is 22.8. The topological polar surface area (TPSA) is 67.2 Å². The quantitative estimate of drug-likeness (QED) is 0.325. The molecule has 0 aliphatic rings. The summed E-state index contributed by atoms with van der Waals surface area (Å²) in [5, 5.41) is 6.48. The number of carbonyl (C=O) groups is 1. The molecule has 3 aromatic carbocycles. The van der Waals surface area contributed by atoms with Crippen LogP contribution in [0.4, 0.5) is 5.69 Å². The molecule has 1 heterocycles. The molecule has 0 aliphatic heterocycles. The fourth-order valence-electron chi connectivity index (χ4n) is 3.16. The average molecular weight is 484 g/mol. The Balaban J connectivity index is 1.37. The van der Waals surface area contributed by atoms with Crippen LogP contribution in [0.2, 0.25) is 10.0 Å². The SMILES string of the molecule is Cc1cc2nc(Cc3ccc(NC(=S)NC(=O)c4ccc(Cl)c(Cl)c4)cc3)oc2cc1C. The molecule has 4 rings (SSSR count). The molecule has 0 unspecified atom stereocenters. The molecule has 4 aromatic rings. The molecule has 162 valence electrons. The van der Waals surface area contributed by atoms with E-state index in [-0.39, 0.29) is 11.0 Å². The third-order valence-corrected chi connectivity index (χ3v) is 5.97. The predicted octanol–water partition coefficient (Wildman–Crippen LogP) is 6.47. The number of hydrogen-bond donors (Lipinski definition) is 2. The minimum atomic E-state index is -0.376. The van der Waals surface area contributed by atoms with E-state index in [2.05, 4.69) is 29.5 Å². The predicted molar refractivity (Wildman–Crippen MR) is 133 cm³/mol. The molecule has 32 heavy (non-hydrogen) atoms. The van der Waals surface area contributed by atoms with Crippen LogP contribution in [-0.2, 0) is 6.42 Å². The Kier molecular flexibility index (Phi) is 6.46. The van der Waals surface area contributed by atoms with Gasteiger partial charge in [-0.05, 0) is 85.2 Å². The third kappa shape index (κ3) is 5.10. The summed E-state index contributed by atoms with van der Waals surface area (Å²) in [7, 11) is 0. The third-order valence-electron chi connectivity index (χ3n) is 5.02. The Morgan fingerprint density at radius 2 is 1.72 bits per heavy atom. The number of aromatic nitrogens is 1. The van der Waals surface area contributed by atoms with Crippen molar-refractivity contribution in [1.82, 2.24) is 10.3 Å². The zero-order valence-electron chi connectivity index (χ0n) is 17.3. The molecule has 8 heteroatoms. The van der Waals surface area contributed by atoms with Gasteiger partial charge in [-0.2, -0.15) is 0 Å². The smallest absolute Gasteiger partial charge is 0.257 e. The Morgan fingerprint density at radius 3 is 2.44 bits per heavy atom. The first-order valence-electron chi connectivity index (χ1n) is 9.81. The molecule has 0 spiro atoms. The van der Waals surface area contributed by atoms with Crippen LogP contribution in [0, 0.1) is 13.8 Å². The van der Waals surface area contributed by atoms with Crippen LogP contribution in [0.5, 0.6) is 0 Å². The van der Waals surface area contributed by atoms with Crippen molar-refractivity contribution in [2.45, 2.75) is 20.3 Å². The van der Waals surface area contributed by atoms with Gasteiger partial charge in [-0.1, -0.05) is 35.3 Å². The molecular weight excluding hydrogens is 465 g/mol. The minimum absolute atomic E-state index is 0.179. The van der Waals surface area contributed by atoms with E-state index in [1.165, 1.54) is 17.2 Å². The molecule has 0 saturated heterocycles. The first-order chi connectivity index (χ1) is 15.3. The van der Waals surface area contributed by atoms with Crippen molar-refractivity contribution in [3.8, 4) is 0 Å². The number of rotatable bonds is 4. The van der Waals surface area contributed by atoms with Crippen molar-refractivity contribution in [3.05, 3.63) is 92.8 Å². The lowest BCUT2D eigenvalue weighted by Crippen LogP contribution is -2.34. The summed E-state index contributed by atoms with van der Waals surface area (Å²) in [6, 6.07) is 16.4. The normalized spacial score (nSPS) is 10.9. The molecule has 2 N–H and O–H groups in total. The van der Waals surface area contributed by atoms with Crippen molar-refractivity contribution in [1.29, 1.82) is 0 Å². The van der Waals surface area contributed by atoms with Gasteiger partial charge in [0.15, 0.2) is 16.6 Å². The number of carbonyl (C=O) groups excluding carboxylic acids is 1. The van der Waals surface area contributed by atoms with E-state index < -0.39 is 0 Å². The fourth-order valence-corrected chi connectivity index (χ4v) is 3.67. The standard InChI is InChI=1S/C24H19Cl2N3O2S/c1-13-9-20-21(10-14(13)2)31-22(28-20)11-15-3-6-17(7-4-15)27-24(32)29-23(30)16-5-8-18(25)19(26)12-16/h3-10,12H,11H2,1-2H3,(H2,27,29,30,32). The summed E-state index contributed by atoms with van der Waals surface area (Å²) in [4.78, 5) is 16.9. The molecule has 0 saturated carbocycles. The van der Waals surface area contributed by atoms with Crippen LogP contribution in [-0.4, -0.2) is 16.0 Å². The fraction of sp³-hybridized carbons (Fsp3) is 0.125. The Morgan fingerprint density at radius 1 is 1.00 bits per heavy atom. The summed E-state index contributed by atoms with van der Waals surface area (Å²) < 4.78 is 5.89. The van der Waals surface area contributed by atoms with E-state index >= 15 is 0 Å². The van der Waals surface area contributed by atoms with Crippen LogP contribution in [0.15, 0.2) is 59.0 Å². The monoisotopic (exact) mass is 483 g/mol. The van der Waals surface area contributed by atoms with Crippen LogP contribution in [0.25, 0.3) is 11.1 Å². The van der Waals surface area contributed by atoms with Crippen molar-refractivity contribution >= 4 is 63.2 Å². The molecule has 5 nitrogen and oxygen atoms in total. The van der Waals surface area contributed by atoms with Crippen molar-refractivity contribution in [2.24, 2.45) is 0 Å². The second-order valence-corrected chi connectivity index (χ2v) is 8.65. The van der Waals surface area contributed by atoms with Gasteiger partial charge in [0.05, 0.1) is 10.0 Å². The molecule has 1 amide bonds. The molecule has 0 radical (unpaired) electrons. The van der Waals surface area contributed by atoms with E-state index in [0.29, 0.717) is 27.9 Å². The van der Waals surface area contributed by atoms with E-state index in [1.807, 2.05) is 36.4 Å². The first kappa shape index (κ1) is 22.3. The number of anilines is 1. The van der Waals surface area contributed by atoms with Gasteiger partial charge in [-0.3, -0.25) is 10.1 Å². The first-order valence-corrected chi connectivity index (χ1v) is 11.0. The van der Waals surface area contributed by atoms with Gasteiger partial charge in [0.2, 0.25) is 0 Å². The number of benzene rings is 3. The largest absolute Gasteiger partial charge is 0.440 e. The van der Waals surface area contributed by atoms with E-state index in [0.717, 1.165) is 22.4 Å². The Bertz CT molecular complexity index is 1290. The van der Waals surface area contributed by atoms with Gasteiger partial charge in [0, 0.05) is 17.7 Å². The maximum atomic E-state index is 12.3. The highest BCUT2D eigenvalue weighted by Gasteiger charge is 2.11. The minimum Gasteiger partial charge on any atom is -0.440 e. The second-order valence-electron chi connectivity index (χ2n) is 7.42. The molecule has 0 atom stereocenters. The number of hydrogen-bond acceptors (Lipinski definition) is 4. The highest BCUT2D eigenvalue weighted by atomic mass is 35.5. The van der Waals surface area contributed by atoms with Gasteiger partial charge < -0.3 is 9.73 Å². The highest BCUT2D eigenvalue weighted by Crippen LogP contribution is 2.23. The maximum Gasteiger partial charge on any atom is 0.257 e. The van der Waals surface area contributed by atoms with E-state index in [9.17, 15) is 4.79 Å². The number of thiocarbonyl (C=S) groups is 1. The van der Waals surface area contributed by atoms with Gasteiger partial charge >= 0.3 is 0 Å². The number of halogens is 2. The maximum absolute atomic E-state index is 12.3. The van der Waals surface area contributed by atoms with Crippen LogP contribution >= 0.6 is 35.4 Å². The lowest BCUT2D eigenvalue weighted by Gasteiger charge is -2.10. The Hall–Kier alpha value is -2.93. The van der Waals surface area contributed by atoms with Gasteiger partial charge in [-0.15, -0.1) is 0 Å². The Labute approximate surface area is 200 Å². The lowest BCUT2D eigenvalue weighted by molar-refractivity contribution is 0.0977. The number of nitrogens with zero attached hydrogens (tertiary/aromatic N) is 1. The summed E-state index contributed by atoms with van der Waals surface area (Å²) >= 11 is 17.1. The van der Waals surface area contributed by atoms with Gasteiger partial charge in [0.1, 0.15) is 5.52 Å². The summed E-state index contributed by atoms with van der Waals surface area (Å²) in [5.41, 5.74) is 6.18. The zero-order valence-corrected chi connectivity index (χ0v) is 19.7. The number of aryl methyl sites for hydroxylation is 2. The molecule has 1 aromatic heterocycles. The summed E-state index contributed by atoms with van der Waals surface area (Å²) in [6.07, 6.45) is 0.575. The molecule has 0 fully saturated rings. The van der Waals surface area contributed by atoms with E-state index in [1.54, 1.807) is 12.1 Å². The van der Waals surface area contributed by atoms with Crippen molar-refractivity contribution in [2.75, 3.05) is 5.32 Å². The molecular formula is C24H19Cl2N3O2S. The second kappa shape index (κ2) is 9.28. The molecule has 0 aliphatic carbocycles. The number of fused-ring (bicyclic) bond motifs is 1. The van der Waals surface area contributed by atoms with E-state index in [4.69, 9.17) is 39.8 Å². The van der Waals surface area contributed by atoms with Gasteiger partial charge in [0.25, 0.3) is 5.91 Å². The summed E-state index contributed by atoms with van der Waals surface area (Å²) in [6.45, 7) is 4.12. The van der Waals surface area contributed by atoms with Crippen molar-refractivity contribution < 1.29 is 9.21 Å². The van der Waals surface area contributed by atoms with Gasteiger partial charge in [-0.25, -0.2) is 4.98 Å². The van der Waals surface area contributed by atoms with Crippen LogP contribution in [0.3, 0.4) is 0 Å². The molecule has 0 bridgehead atoms. The van der Waals surface area contributed by atoms with Crippen LogP contribution in [0.1, 0.15) is 32.9 Å². The number of amides is 1. The van der Waals surface area contributed by atoms with Crippen LogP contribution < -0.4 is 10.6 Å². The highest BCUT2D eigenvalue weighted by molar-refractivity contribution is 7.80. The number of nitrogens with one attached hydrogen (secondary N) is 2. The van der Waals surface area contributed by atoms with Crippen molar-refractivity contribution in [3.63, 3.8) is 0 Å². The number of oxazole rings is 1.